The smallest absolute Gasteiger partial charge is 0.270 e. The van der Waals surface area contributed by atoms with Crippen LogP contribution in [-0.2, 0) is 0 Å². The SMILES string of the molecule is Cc1ccccc1-c1ccc(N2CCN(C(=O)c3ccc([N+](=O)[O-])cc3Cl)CC2)nn1. The van der Waals surface area contributed by atoms with Gasteiger partial charge in [0.25, 0.3) is 11.6 Å². The van der Waals surface area contributed by atoms with Crippen molar-refractivity contribution in [2.45, 2.75) is 6.92 Å². The van der Waals surface area contributed by atoms with Crippen LogP contribution in [0.2, 0.25) is 5.02 Å². The minimum absolute atomic E-state index is 0.0827. The molecule has 8 nitrogen and oxygen atoms in total. The lowest BCUT2D eigenvalue weighted by Gasteiger charge is -2.35. The molecule has 1 aromatic heterocycles. The lowest BCUT2D eigenvalue weighted by molar-refractivity contribution is -0.384. The minimum Gasteiger partial charge on any atom is -0.352 e. The van der Waals surface area contributed by atoms with Crippen molar-refractivity contribution >= 4 is 29.0 Å². The Hall–Kier alpha value is -3.52. The third-order valence-electron chi connectivity index (χ3n) is 5.36. The number of amides is 1. The molecular weight excluding hydrogens is 418 g/mol. The number of piperazine rings is 1. The van der Waals surface area contributed by atoms with E-state index >= 15 is 0 Å². The maximum Gasteiger partial charge on any atom is 0.270 e. The van der Waals surface area contributed by atoms with E-state index in [1.165, 1.54) is 18.2 Å². The number of hydrogen-bond donors (Lipinski definition) is 0. The number of carbonyl (C=O) groups is 1. The average Bonchev–Trinajstić information content (AvgIpc) is 2.79. The Morgan fingerprint density at radius 3 is 2.39 bits per heavy atom. The molecule has 0 saturated carbocycles. The van der Waals surface area contributed by atoms with E-state index in [2.05, 4.69) is 15.1 Å². The summed E-state index contributed by atoms with van der Waals surface area (Å²) < 4.78 is 0. The first-order valence-electron chi connectivity index (χ1n) is 9.82. The van der Waals surface area contributed by atoms with Gasteiger partial charge in [-0.25, -0.2) is 0 Å². The number of hydrogen-bond acceptors (Lipinski definition) is 6. The van der Waals surface area contributed by atoms with Crippen molar-refractivity contribution < 1.29 is 9.72 Å². The summed E-state index contributed by atoms with van der Waals surface area (Å²) in [6.45, 7) is 4.24. The van der Waals surface area contributed by atoms with Crippen LogP contribution < -0.4 is 4.90 Å². The Kier molecular flexibility index (Phi) is 5.81. The number of anilines is 1. The van der Waals surface area contributed by atoms with Crippen LogP contribution in [0, 0.1) is 17.0 Å². The zero-order chi connectivity index (χ0) is 22.0. The molecule has 0 unspecified atom stereocenters. The van der Waals surface area contributed by atoms with Crippen molar-refractivity contribution in [2.75, 3.05) is 31.1 Å². The van der Waals surface area contributed by atoms with E-state index in [0.717, 1.165) is 22.6 Å². The highest BCUT2D eigenvalue weighted by Gasteiger charge is 2.25. The summed E-state index contributed by atoms with van der Waals surface area (Å²) >= 11 is 6.11. The van der Waals surface area contributed by atoms with Crippen molar-refractivity contribution in [3.8, 4) is 11.3 Å². The van der Waals surface area contributed by atoms with Gasteiger partial charge >= 0.3 is 0 Å². The lowest BCUT2D eigenvalue weighted by Crippen LogP contribution is -2.49. The standard InChI is InChI=1S/C22H20ClN5O3/c1-15-4-2-3-5-17(15)20-8-9-21(25-24-20)26-10-12-27(13-11-26)22(29)18-7-6-16(28(30)31)14-19(18)23/h2-9,14H,10-13H2,1H3. The van der Waals surface area contributed by atoms with Crippen molar-refractivity contribution in [1.29, 1.82) is 0 Å². The van der Waals surface area contributed by atoms with Gasteiger partial charge < -0.3 is 9.80 Å². The fraction of sp³-hybridized carbons (Fsp3) is 0.227. The monoisotopic (exact) mass is 437 g/mol. The van der Waals surface area contributed by atoms with E-state index in [4.69, 9.17) is 11.6 Å². The molecule has 3 aromatic rings. The second kappa shape index (κ2) is 8.69. The van der Waals surface area contributed by atoms with E-state index in [9.17, 15) is 14.9 Å². The quantitative estimate of drug-likeness (QED) is 0.453. The molecule has 0 radical (unpaired) electrons. The maximum absolute atomic E-state index is 12.8. The summed E-state index contributed by atoms with van der Waals surface area (Å²) in [6.07, 6.45) is 0. The Morgan fingerprint density at radius 1 is 1.03 bits per heavy atom. The van der Waals surface area contributed by atoms with Crippen molar-refractivity contribution in [1.82, 2.24) is 15.1 Å². The van der Waals surface area contributed by atoms with Crippen LogP contribution in [0.3, 0.4) is 0 Å². The molecule has 0 N–H and O–H groups in total. The maximum atomic E-state index is 12.8. The molecule has 1 saturated heterocycles. The summed E-state index contributed by atoms with van der Waals surface area (Å²) in [5, 5.41) is 19.7. The first-order valence-corrected chi connectivity index (χ1v) is 10.2. The topological polar surface area (TPSA) is 92.5 Å². The minimum atomic E-state index is -0.537. The van der Waals surface area contributed by atoms with Crippen LogP contribution in [0.4, 0.5) is 11.5 Å². The summed E-state index contributed by atoms with van der Waals surface area (Å²) in [5.41, 5.74) is 3.14. The molecule has 1 amide bonds. The van der Waals surface area contributed by atoms with Gasteiger partial charge in [-0.2, -0.15) is 0 Å². The van der Waals surface area contributed by atoms with Gasteiger partial charge in [-0.05, 0) is 30.7 Å². The summed E-state index contributed by atoms with van der Waals surface area (Å²) in [4.78, 5) is 26.9. The van der Waals surface area contributed by atoms with Gasteiger partial charge in [0.2, 0.25) is 0 Å². The summed E-state index contributed by atoms with van der Waals surface area (Å²) in [5.74, 6) is 0.526. The third kappa shape index (κ3) is 4.34. The van der Waals surface area contributed by atoms with Gasteiger partial charge in [0.15, 0.2) is 5.82 Å². The number of nitro groups is 1. The highest BCUT2D eigenvalue weighted by molar-refractivity contribution is 6.34. The van der Waals surface area contributed by atoms with Crippen LogP contribution in [0.25, 0.3) is 11.3 Å². The second-order valence-corrected chi connectivity index (χ2v) is 7.70. The van der Waals surface area contributed by atoms with Gasteiger partial charge in [-0.3, -0.25) is 14.9 Å². The summed E-state index contributed by atoms with van der Waals surface area (Å²) in [7, 11) is 0. The fourth-order valence-electron chi connectivity index (χ4n) is 3.60. The van der Waals surface area contributed by atoms with Crippen LogP contribution in [0.5, 0.6) is 0 Å². The zero-order valence-corrected chi connectivity index (χ0v) is 17.6. The Morgan fingerprint density at radius 2 is 1.77 bits per heavy atom. The molecule has 9 heteroatoms. The molecule has 1 aliphatic rings. The number of aryl methyl sites for hydroxylation is 1. The van der Waals surface area contributed by atoms with Crippen LogP contribution >= 0.6 is 11.6 Å². The number of carbonyl (C=O) groups excluding carboxylic acids is 1. The van der Waals surface area contributed by atoms with Crippen molar-refractivity contribution in [3.63, 3.8) is 0 Å². The molecule has 2 heterocycles. The van der Waals surface area contributed by atoms with Gasteiger partial charge in [0, 0.05) is 43.9 Å². The summed E-state index contributed by atoms with van der Waals surface area (Å²) in [6, 6.07) is 15.8. The predicted molar refractivity (Wildman–Crippen MR) is 118 cm³/mol. The fourth-order valence-corrected chi connectivity index (χ4v) is 3.85. The van der Waals surface area contributed by atoms with Gasteiger partial charge in [-0.15, -0.1) is 10.2 Å². The van der Waals surface area contributed by atoms with Crippen molar-refractivity contribution in [3.05, 3.63) is 80.9 Å². The average molecular weight is 438 g/mol. The van der Waals surface area contributed by atoms with Gasteiger partial charge in [0.05, 0.1) is 21.2 Å². The highest BCUT2D eigenvalue weighted by Crippen LogP contribution is 2.25. The molecule has 31 heavy (non-hydrogen) atoms. The molecule has 0 bridgehead atoms. The normalized spacial score (nSPS) is 13.9. The zero-order valence-electron chi connectivity index (χ0n) is 16.9. The van der Waals surface area contributed by atoms with E-state index in [-0.39, 0.29) is 22.2 Å². The Bertz CT molecular complexity index is 1130. The third-order valence-corrected chi connectivity index (χ3v) is 5.67. The molecule has 4 rings (SSSR count). The van der Waals surface area contributed by atoms with E-state index in [1.807, 2.05) is 43.3 Å². The lowest BCUT2D eigenvalue weighted by atomic mass is 10.1. The largest absolute Gasteiger partial charge is 0.352 e. The van der Waals surface area contributed by atoms with Crippen LogP contribution in [0.15, 0.2) is 54.6 Å². The number of aromatic nitrogens is 2. The molecular formula is C22H20ClN5O3. The Labute approximate surface area is 184 Å². The number of rotatable bonds is 4. The van der Waals surface area contributed by atoms with Gasteiger partial charge in [0.1, 0.15) is 0 Å². The molecule has 2 aromatic carbocycles. The number of nitro benzene ring substituents is 1. The molecule has 1 aliphatic heterocycles. The van der Waals surface area contributed by atoms with E-state index in [1.54, 1.807) is 4.90 Å². The van der Waals surface area contributed by atoms with Gasteiger partial charge in [-0.1, -0.05) is 35.9 Å². The van der Waals surface area contributed by atoms with E-state index in [0.29, 0.717) is 26.2 Å². The first-order chi connectivity index (χ1) is 14.9. The Balaban J connectivity index is 1.41. The predicted octanol–water partition coefficient (Wildman–Crippen LogP) is 3.98. The van der Waals surface area contributed by atoms with Crippen LogP contribution in [-0.4, -0.2) is 52.1 Å². The number of benzene rings is 2. The molecule has 158 valence electrons. The number of nitrogens with zero attached hydrogens (tertiary/aromatic N) is 5. The molecule has 1 fully saturated rings. The number of halogens is 1. The van der Waals surface area contributed by atoms with Crippen LogP contribution in [0.1, 0.15) is 15.9 Å². The second-order valence-electron chi connectivity index (χ2n) is 7.29. The molecule has 0 atom stereocenters. The van der Waals surface area contributed by atoms with E-state index < -0.39 is 4.92 Å². The number of non-ortho nitro benzene ring substituents is 1. The molecule has 0 aliphatic carbocycles. The van der Waals surface area contributed by atoms with Crippen molar-refractivity contribution in [2.24, 2.45) is 0 Å². The first kappa shape index (κ1) is 20.7. The highest BCUT2D eigenvalue weighted by atomic mass is 35.5. The molecule has 0 spiro atoms.